The summed E-state index contributed by atoms with van der Waals surface area (Å²) < 4.78 is 10.8. The van der Waals surface area contributed by atoms with Crippen LogP contribution in [0.4, 0.5) is 11.4 Å². The lowest BCUT2D eigenvalue weighted by Crippen LogP contribution is -2.29. The molecule has 0 atom stereocenters. The van der Waals surface area contributed by atoms with E-state index in [0.29, 0.717) is 33.2 Å². The zero-order chi connectivity index (χ0) is 28.8. The van der Waals surface area contributed by atoms with Gasteiger partial charge in [-0.15, -0.1) is 0 Å². The molecule has 0 unspecified atom stereocenters. The summed E-state index contributed by atoms with van der Waals surface area (Å²) in [5.74, 6) is -1.45. The zero-order valence-electron chi connectivity index (χ0n) is 21.8. The highest BCUT2D eigenvalue weighted by molar-refractivity contribution is 8.30. The monoisotopic (exact) mass is 614 g/mol. The van der Waals surface area contributed by atoms with Gasteiger partial charge in [0.15, 0.2) is 8.64 Å². The maximum absolute atomic E-state index is 13.4. The number of hydrogen-bond acceptors (Lipinski definition) is 10. The summed E-state index contributed by atoms with van der Waals surface area (Å²) in [6.45, 7) is 4.60. The molecule has 0 radical (unpaired) electrons. The summed E-state index contributed by atoms with van der Waals surface area (Å²) in [6.07, 6.45) is 1.76. The highest BCUT2D eigenvalue weighted by Gasteiger charge is 2.43. The van der Waals surface area contributed by atoms with Crippen LogP contribution in [0.1, 0.15) is 37.8 Å². The Hall–Kier alpha value is -3.06. The quantitative estimate of drug-likeness (QED) is 0.199. The largest absolute Gasteiger partial charge is 0.465 e. The molecule has 12 heteroatoms. The summed E-state index contributed by atoms with van der Waals surface area (Å²) in [5.41, 5.74) is 2.57. The van der Waals surface area contributed by atoms with Gasteiger partial charge in [0.1, 0.15) is 0 Å². The number of rotatable bonds is 10. The highest BCUT2D eigenvalue weighted by atomic mass is 32.2. The minimum Gasteiger partial charge on any atom is -0.465 e. The molecule has 2 fully saturated rings. The van der Waals surface area contributed by atoms with Gasteiger partial charge in [-0.25, -0.2) is 0 Å². The van der Waals surface area contributed by atoms with Gasteiger partial charge in [0.25, 0.3) is 11.8 Å². The minimum atomic E-state index is -0.411. The zero-order valence-corrected chi connectivity index (χ0v) is 25.1. The fourth-order valence-corrected chi connectivity index (χ4v) is 6.60. The van der Waals surface area contributed by atoms with Crippen molar-refractivity contribution in [1.82, 2.24) is 0 Å². The molecule has 0 aliphatic carbocycles. The van der Waals surface area contributed by atoms with Crippen LogP contribution >= 0.6 is 48.0 Å². The Morgan fingerprint density at radius 2 is 1.02 bits per heavy atom. The average Bonchev–Trinajstić information content (AvgIpc) is 3.40. The fourth-order valence-electron chi connectivity index (χ4n) is 3.85. The van der Waals surface area contributed by atoms with Crippen molar-refractivity contribution in [3.8, 4) is 0 Å². The molecule has 8 nitrogen and oxygen atoms in total. The van der Waals surface area contributed by atoms with Crippen molar-refractivity contribution in [3.05, 3.63) is 69.5 Å². The number of anilines is 2. The normalized spacial score (nSPS) is 17.1. The second-order valence-corrected chi connectivity index (χ2v) is 12.1. The molecular formula is C28H26N2O6S4. The van der Waals surface area contributed by atoms with Crippen LogP contribution in [0.2, 0.25) is 0 Å². The molecule has 0 saturated carbocycles. The first-order chi connectivity index (χ1) is 19.2. The molecule has 2 aromatic rings. The minimum absolute atomic E-state index is 0.130. The van der Waals surface area contributed by atoms with E-state index >= 15 is 0 Å². The number of esters is 2. The Kier molecular flexibility index (Phi) is 10.1. The van der Waals surface area contributed by atoms with Crippen molar-refractivity contribution < 1.29 is 28.7 Å². The molecule has 2 aromatic carbocycles. The van der Waals surface area contributed by atoms with Crippen LogP contribution in [0.5, 0.6) is 0 Å². The van der Waals surface area contributed by atoms with Gasteiger partial charge in [-0.05, 0) is 48.2 Å². The predicted octanol–water partition coefficient (Wildman–Crippen LogP) is 5.32. The maximum Gasteiger partial charge on any atom is 0.310 e. The third kappa shape index (κ3) is 6.80. The van der Waals surface area contributed by atoms with Gasteiger partial charge in [0, 0.05) is 0 Å². The SMILES string of the molecule is CCCOC(=O)Cc1ccc(N2C(=O)C(=C3SC(=S)N(c4ccc(CC(=O)OCCC)cc4)C3=O)SC2=S)cc1. The van der Waals surface area contributed by atoms with E-state index in [1.807, 2.05) is 13.8 Å². The topological polar surface area (TPSA) is 93.2 Å². The smallest absolute Gasteiger partial charge is 0.310 e. The second-order valence-electron chi connectivity index (χ2n) is 8.80. The van der Waals surface area contributed by atoms with Crippen LogP contribution in [0.25, 0.3) is 0 Å². The van der Waals surface area contributed by atoms with E-state index in [9.17, 15) is 19.2 Å². The Morgan fingerprint density at radius 1 is 0.675 bits per heavy atom. The highest BCUT2D eigenvalue weighted by Crippen LogP contribution is 2.44. The van der Waals surface area contributed by atoms with Crippen LogP contribution < -0.4 is 9.80 Å². The number of thiocarbonyl (C=S) groups is 2. The molecule has 2 aliphatic heterocycles. The summed E-state index contributed by atoms with van der Waals surface area (Å²) >= 11 is 13.1. The lowest BCUT2D eigenvalue weighted by Gasteiger charge is -2.15. The Morgan fingerprint density at radius 3 is 1.35 bits per heavy atom. The first-order valence-electron chi connectivity index (χ1n) is 12.6. The lowest BCUT2D eigenvalue weighted by atomic mass is 10.1. The number of carbonyl (C=O) groups excluding carboxylic acids is 4. The lowest BCUT2D eigenvalue weighted by molar-refractivity contribution is -0.143. The number of ether oxygens (including phenoxy) is 2. The van der Waals surface area contributed by atoms with Crippen molar-refractivity contribution in [3.63, 3.8) is 0 Å². The third-order valence-corrected chi connectivity index (χ3v) is 8.64. The van der Waals surface area contributed by atoms with E-state index in [0.717, 1.165) is 47.5 Å². The molecule has 0 aromatic heterocycles. The third-order valence-electron chi connectivity index (χ3n) is 5.77. The molecular weight excluding hydrogens is 589 g/mol. The van der Waals surface area contributed by atoms with Gasteiger partial charge < -0.3 is 9.47 Å². The number of thioether (sulfide) groups is 2. The molecule has 2 saturated heterocycles. The van der Waals surface area contributed by atoms with E-state index in [1.165, 1.54) is 9.80 Å². The number of hydrogen-bond donors (Lipinski definition) is 0. The summed E-state index contributed by atoms with van der Waals surface area (Å²) in [7, 11) is 0. The fraction of sp³-hybridized carbons (Fsp3) is 0.286. The van der Waals surface area contributed by atoms with E-state index in [2.05, 4.69) is 0 Å². The number of benzene rings is 2. The van der Waals surface area contributed by atoms with Crippen LogP contribution in [0.3, 0.4) is 0 Å². The van der Waals surface area contributed by atoms with E-state index in [4.69, 9.17) is 33.9 Å². The van der Waals surface area contributed by atoms with E-state index < -0.39 is 11.8 Å². The Labute approximate surface area is 251 Å². The van der Waals surface area contributed by atoms with Crippen molar-refractivity contribution in [1.29, 1.82) is 0 Å². The first kappa shape index (κ1) is 29.9. The van der Waals surface area contributed by atoms with Gasteiger partial charge in [-0.1, -0.05) is 86.1 Å². The molecule has 2 heterocycles. The number of amides is 2. The van der Waals surface area contributed by atoms with Gasteiger partial charge in [0.05, 0.1) is 47.2 Å². The van der Waals surface area contributed by atoms with Gasteiger partial charge >= 0.3 is 11.9 Å². The molecule has 0 N–H and O–H groups in total. The molecule has 4 rings (SSSR count). The molecule has 0 spiro atoms. The Balaban J connectivity index is 1.48. The number of carbonyl (C=O) groups is 4. The summed E-state index contributed by atoms with van der Waals surface area (Å²) in [6, 6.07) is 13.8. The summed E-state index contributed by atoms with van der Waals surface area (Å²) in [5, 5.41) is 0. The van der Waals surface area contributed by atoms with E-state index in [1.54, 1.807) is 48.5 Å². The van der Waals surface area contributed by atoms with Gasteiger partial charge in [0.2, 0.25) is 0 Å². The van der Waals surface area contributed by atoms with Crippen molar-refractivity contribution >= 4 is 91.7 Å². The molecule has 40 heavy (non-hydrogen) atoms. The van der Waals surface area contributed by atoms with Crippen LogP contribution in [0.15, 0.2) is 58.3 Å². The maximum atomic E-state index is 13.4. The second kappa shape index (κ2) is 13.5. The van der Waals surface area contributed by atoms with Gasteiger partial charge in [-0.3, -0.25) is 29.0 Å². The molecule has 208 valence electrons. The average molecular weight is 615 g/mol. The molecule has 2 aliphatic rings. The van der Waals surface area contributed by atoms with Crippen LogP contribution in [0, 0.1) is 0 Å². The Bertz CT molecular complexity index is 1280. The van der Waals surface area contributed by atoms with E-state index in [-0.39, 0.29) is 34.6 Å². The standard InChI is InChI=1S/C28H26N2O6S4/c1-3-13-35-21(31)15-17-5-9-19(10-6-17)29-25(33)23(39-27(29)37)24-26(34)30(28(38)40-24)20-11-7-18(8-12-20)16-22(32)36-14-4-2/h5-12H,3-4,13-16H2,1-2H3. The first-order valence-corrected chi connectivity index (χ1v) is 15.0. The molecule has 2 amide bonds. The van der Waals surface area contributed by atoms with Crippen molar-refractivity contribution in [2.75, 3.05) is 23.0 Å². The van der Waals surface area contributed by atoms with Crippen molar-refractivity contribution in [2.24, 2.45) is 0 Å². The van der Waals surface area contributed by atoms with Gasteiger partial charge in [-0.2, -0.15) is 0 Å². The van der Waals surface area contributed by atoms with Crippen LogP contribution in [-0.4, -0.2) is 45.6 Å². The van der Waals surface area contributed by atoms with Crippen LogP contribution in [-0.2, 0) is 41.5 Å². The predicted molar refractivity (Wildman–Crippen MR) is 165 cm³/mol. The molecule has 0 bridgehead atoms. The van der Waals surface area contributed by atoms with Crippen molar-refractivity contribution in [2.45, 2.75) is 39.5 Å². The number of nitrogens with zero attached hydrogens (tertiary/aromatic N) is 2. The summed E-state index contributed by atoms with van der Waals surface area (Å²) in [4.78, 5) is 53.8.